The van der Waals surface area contributed by atoms with Gasteiger partial charge in [0.15, 0.2) is 0 Å². The lowest BCUT2D eigenvalue weighted by atomic mass is 9.95. The van der Waals surface area contributed by atoms with Gasteiger partial charge in [0.2, 0.25) is 5.95 Å². The van der Waals surface area contributed by atoms with Crippen molar-refractivity contribution in [3.05, 3.63) is 35.7 Å². The number of quaternary nitrogens is 1. The van der Waals surface area contributed by atoms with Crippen LogP contribution in [-0.2, 0) is 6.54 Å². The molecule has 3 aliphatic heterocycles. The second-order valence-electron chi connectivity index (χ2n) is 9.17. The van der Waals surface area contributed by atoms with Crippen LogP contribution >= 0.6 is 0 Å². The van der Waals surface area contributed by atoms with E-state index >= 15 is 0 Å². The van der Waals surface area contributed by atoms with Crippen LogP contribution in [0.3, 0.4) is 0 Å². The van der Waals surface area contributed by atoms with Gasteiger partial charge in [0, 0.05) is 38.3 Å². The smallest absolute Gasteiger partial charge is 0.224 e. The first-order valence-electron chi connectivity index (χ1n) is 11.6. The maximum atomic E-state index is 14.1. The quantitative estimate of drug-likeness (QED) is 0.578. The van der Waals surface area contributed by atoms with Crippen molar-refractivity contribution < 1.29 is 4.65 Å². The zero-order valence-corrected chi connectivity index (χ0v) is 18.3. The van der Waals surface area contributed by atoms with Crippen molar-refractivity contribution in [1.82, 2.24) is 19.9 Å². The van der Waals surface area contributed by atoms with E-state index in [9.17, 15) is 5.21 Å². The Morgan fingerprint density at radius 1 is 1.13 bits per heavy atom. The minimum absolute atomic E-state index is 0.156. The molecule has 0 bridgehead atoms. The minimum atomic E-state index is -0.156. The molecule has 0 saturated carbocycles. The van der Waals surface area contributed by atoms with Gasteiger partial charge in [-0.25, -0.2) is 15.0 Å². The van der Waals surface area contributed by atoms with Gasteiger partial charge in [0.25, 0.3) is 0 Å². The molecule has 2 atom stereocenters. The maximum absolute atomic E-state index is 14.1. The molecule has 166 valence electrons. The minimum Gasteiger partial charge on any atom is -0.632 e. The fraction of sp³-hybridized carbons (Fsp3) is 0.636. The molecule has 5 rings (SSSR count). The van der Waals surface area contributed by atoms with E-state index in [0.717, 1.165) is 68.9 Å². The molecule has 0 aliphatic carbocycles. The van der Waals surface area contributed by atoms with Crippen molar-refractivity contribution in [3.63, 3.8) is 0 Å². The molecule has 1 N–H and O–H groups in total. The van der Waals surface area contributed by atoms with E-state index < -0.39 is 0 Å². The lowest BCUT2D eigenvalue weighted by Gasteiger charge is -2.47. The van der Waals surface area contributed by atoms with E-state index in [4.69, 9.17) is 4.98 Å². The molecule has 9 nitrogen and oxygen atoms in total. The SMILES string of the molecule is CCNc1ncc2c(n1)N1CCC[C@H]1C[N+]([O-])(CC1CCN(c3cncnc3)CC1)C2. The molecule has 2 aromatic rings. The van der Waals surface area contributed by atoms with Crippen molar-refractivity contribution in [1.29, 1.82) is 0 Å². The van der Waals surface area contributed by atoms with E-state index in [1.807, 2.05) is 25.5 Å². The summed E-state index contributed by atoms with van der Waals surface area (Å²) in [5.41, 5.74) is 2.07. The Hall–Kier alpha value is -2.52. The average Bonchev–Trinajstić information content (AvgIpc) is 3.19. The summed E-state index contributed by atoms with van der Waals surface area (Å²) in [5.74, 6) is 2.08. The molecule has 0 aromatic carbocycles. The Bertz CT molecular complexity index is 888. The summed E-state index contributed by atoms with van der Waals surface area (Å²) >= 11 is 0. The predicted molar refractivity (Wildman–Crippen MR) is 121 cm³/mol. The summed E-state index contributed by atoms with van der Waals surface area (Å²) in [5, 5.41) is 17.3. The summed E-state index contributed by atoms with van der Waals surface area (Å²) in [6.45, 7) is 7.54. The summed E-state index contributed by atoms with van der Waals surface area (Å²) in [7, 11) is 0. The summed E-state index contributed by atoms with van der Waals surface area (Å²) in [4.78, 5) is 22.2. The number of hydroxylamine groups is 3. The van der Waals surface area contributed by atoms with Crippen molar-refractivity contribution in [3.8, 4) is 0 Å². The molecule has 9 heteroatoms. The second-order valence-corrected chi connectivity index (χ2v) is 9.17. The van der Waals surface area contributed by atoms with Crippen LogP contribution in [0.15, 0.2) is 24.9 Å². The predicted octanol–water partition coefficient (Wildman–Crippen LogP) is 2.41. The van der Waals surface area contributed by atoms with E-state index in [1.165, 1.54) is 0 Å². The van der Waals surface area contributed by atoms with Gasteiger partial charge in [-0.2, -0.15) is 4.98 Å². The van der Waals surface area contributed by atoms with Gasteiger partial charge in [-0.05, 0) is 32.6 Å². The Labute approximate surface area is 183 Å². The molecule has 0 amide bonds. The van der Waals surface area contributed by atoms with E-state index in [-0.39, 0.29) is 10.7 Å². The van der Waals surface area contributed by atoms with E-state index in [1.54, 1.807) is 6.33 Å². The monoisotopic (exact) mass is 424 g/mol. The van der Waals surface area contributed by atoms with Gasteiger partial charge in [0.05, 0.1) is 42.8 Å². The normalized spacial score (nSPS) is 26.3. The summed E-state index contributed by atoms with van der Waals surface area (Å²) in [6.07, 6.45) is 11.5. The van der Waals surface area contributed by atoms with Gasteiger partial charge in [-0.15, -0.1) is 0 Å². The molecular formula is C22H32N8O. The van der Waals surface area contributed by atoms with Crippen molar-refractivity contribution in [2.24, 2.45) is 5.92 Å². The fourth-order valence-corrected chi connectivity index (χ4v) is 5.50. The van der Waals surface area contributed by atoms with Gasteiger partial charge < -0.3 is 25.0 Å². The number of piperidine rings is 1. The lowest BCUT2D eigenvalue weighted by Crippen LogP contribution is -2.51. The first kappa shape index (κ1) is 20.4. The average molecular weight is 425 g/mol. The number of anilines is 3. The van der Waals surface area contributed by atoms with E-state index in [0.29, 0.717) is 31.5 Å². The van der Waals surface area contributed by atoms with Crippen LogP contribution in [-0.4, -0.2) is 69.9 Å². The molecule has 2 aromatic heterocycles. The van der Waals surface area contributed by atoms with Gasteiger partial charge in [0.1, 0.15) is 18.7 Å². The number of hydrogen-bond acceptors (Lipinski definition) is 8. The number of rotatable bonds is 5. The Kier molecular flexibility index (Phi) is 5.62. The molecule has 3 aliphatic rings. The maximum Gasteiger partial charge on any atom is 0.224 e. The first-order chi connectivity index (χ1) is 15.1. The van der Waals surface area contributed by atoms with Crippen molar-refractivity contribution >= 4 is 17.5 Å². The van der Waals surface area contributed by atoms with Crippen LogP contribution in [0.2, 0.25) is 0 Å². The molecular weight excluding hydrogens is 392 g/mol. The van der Waals surface area contributed by atoms with Crippen LogP contribution in [0.1, 0.15) is 38.2 Å². The highest BCUT2D eigenvalue weighted by molar-refractivity contribution is 5.51. The summed E-state index contributed by atoms with van der Waals surface area (Å²) in [6, 6.07) is 0.282. The standard InChI is InChI=1S/C22H32N8O/c1-2-25-22-26-10-18-14-30(31,15-19-4-3-7-29(19)21(18)27-22)13-17-5-8-28(9-6-17)20-11-23-16-24-12-20/h10-12,16-17,19H,2-9,13-15H2,1H3,(H,25,26,27)/t19-,30?/m0/s1. The highest BCUT2D eigenvalue weighted by atomic mass is 16.5. The topological polar surface area (TPSA) is 93.1 Å². The zero-order valence-electron chi connectivity index (χ0n) is 18.3. The van der Waals surface area contributed by atoms with Gasteiger partial charge in [-0.1, -0.05) is 0 Å². The van der Waals surface area contributed by atoms with Crippen molar-refractivity contribution in [2.45, 2.75) is 45.2 Å². The third kappa shape index (κ3) is 4.29. The zero-order chi connectivity index (χ0) is 21.3. The number of hydrogen-bond donors (Lipinski definition) is 1. The van der Waals surface area contributed by atoms with Crippen LogP contribution in [0, 0.1) is 11.1 Å². The number of fused-ring (bicyclic) bond motifs is 3. The van der Waals surface area contributed by atoms with E-state index in [2.05, 4.69) is 30.1 Å². The third-order valence-corrected chi connectivity index (χ3v) is 6.95. The largest absolute Gasteiger partial charge is 0.632 e. The Balaban J connectivity index is 1.30. The lowest BCUT2D eigenvalue weighted by molar-refractivity contribution is -0.897. The van der Waals surface area contributed by atoms with Crippen LogP contribution in [0.25, 0.3) is 0 Å². The number of nitrogens with one attached hydrogen (secondary N) is 1. The number of aromatic nitrogens is 4. The van der Waals surface area contributed by atoms with Crippen LogP contribution < -0.4 is 15.1 Å². The first-order valence-corrected chi connectivity index (χ1v) is 11.6. The highest BCUT2D eigenvalue weighted by Crippen LogP contribution is 2.36. The molecule has 2 fully saturated rings. The fourth-order valence-electron chi connectivity index (χ4n) is 5.50. The molecule has 2 saturated heterocycles. The molecule has 5 heterocycles. The number of nitrogens with zero attached hydrogens (tertiary/aromatic N) is 7. The van der Waals surface area contributed by atoms with Gasteiger partial charge in [-0.3, -0.25) is 0 Å². The Morgan fingerprint density at radius 2 is 1.94 bits per heavy atom. The second kappa shape index (κ2) is 8.55. The molecule has 1 unspecified atom stereocenters. The molecule has 0 spiro atoms. The molecule has 31 heavy (non-hydrogen) atoms. The summed E-state index contributed by atoms with van der Waals surface area (Å²) < 4.78 is -0.156. The van der Waals surface area contributed by atoms with Crippen LogP contribution in [0.5, 0.6) is 0 Å². The highest BCUT2D eigenvalue weighted by Gasteiger charge is 2.39. The van der Waals surface area contributed by atoms with Crippen LogP contribution in [0.4, 0.5) is 17.5 Å². The Morgan fingerprint density at radius 3 is 2.71 bits per heavy atom. The molecule has 0 radical (unpaired) electrons. The van der Waals surface area contributed by atoms with Gasteiger partial charge >= 0.3 is 0 Å². The van der Waals surface area contributed by atoms with Crippen molar-refractivity contribution in [2.75, 3.05) is 54.4 Å². The third-order valence-electron chi connectivity index (χ3n) is 6.95.